The van der Waals surface area contributed by atoms with Gasteiger partial charge < -0.3 is 10.6 Å². The summed E-state index contributed by atoms with van der Waals surface area (Å²) in [6.45, 7) is 1.75. The van der Waals surface area contributed by atoms with Crippen LogP contribution in [0.3, 0.4) is 0 Å². The summed E-state index contributed by atoms with van der Waals surface area (Å²) >= 11 is 9.08. The van der Waals surface area contributed by atoms with Gasteiger partial charge in [0.25, 0.3) is 0 Å². The summed E-state index contributed by atoms with van der Waals surface area (Å²) in [4.78, 5) is 24.1. The van der Waals surface area contributed by atoms with Gasteiger partial charge in [-0.05, 0) is 24.6 Å². The van der Waals surface area contributed by atoms with E-state index in [1.807, 2.05) is 24.3 Å². The number of carbonyl (C=O) groups excluding carboxylic acids is 2. The SMILES string of the molecule is CC(Cl)C(=O)N(CC(N)=O)Cc1ccc(Br)cc1. The highest BCUT2D eigenvalue weighted by Crippen LogP contribution is 2.13. The number of amides is 2. The minimum atomic E-state index is -0.681. The fourth-order valence-electron chi connectivity index (χ4n) is 1.46. The van der Waals surface area contributed by atoms with Crippen LogP contribution in [0.1, 0.15) is 12.5 Å². The Bertz CT molecular complexity index is 434. The van der Waals surface area contributed by atoms with Crippen molar-refractivity contribution in [1.29, 1.82) is 0 Å². The lowest BCUT2D eigenvalue weighted by molar-refractivity contribution is -0.135. The lowest BCUT2D eigenvalue weighted by Gasteiger charge is -2.22. The summed E-state index contributed by atoms with van der Waals surface area (Å²) in [6, 6.07) is 7.47. The van der Waals surface area contributed by atoms with Gasteiger partial charge in [-0.3, -0.25) is 9.59 Å². The van der Waals surface area contributed by atoms with Crippen LogP contribution in [0.2, 0.25) is 0 Å². The average molecular weight is 334 g/mol. The molecule has 0 aromatic heterocycles. The van der Waals surface area contributed by atoms with Crippen molar-refractivity contribution in [3.8, 4) is 0 Å². The van der Waals surface area contributed by atoms with Crippen LogP contribution < -0.4 is 5.73 Å². The third-order valence-electron chi connectivity index (χ3n) is 2.29. The Kier molecular flexibility index (Phi) is 5.62. The molecule has 0 fully saturated rings. The number of nitrogens with two attached hydrogens (primary N) is 1. The van der Waals surface area contributed by atoms with Gasteiger partial charge in [0, 0.05) is 11.0 Å². The first-order valence-electron chi connectivity index (χ1n) is 5.35. The zero-order valence-corrected chi connectivity index (χ0v) is 12.2. The molecule has 98 valence electrons. The van der Waals surface area contributed by atoms with Gasteiger partial charge >= 0.3 is 0 Å². The number of rotatable bonds is 5. The molecular weight excluding hydrogens is 320 g/mol. The fourth-order valence-corrected chi connectivity index (χ4v) is 1.86. The molecule has 0 aliphatic heterocycles. The van der Waals surface area contributed by atoms with Crippen molar-refractivity contribution in [2.45, 2.75) is 18.8 Å². The molecule has 0 radical (unpaired) electrons. The van der Waals surface area contributed by atoms with Crippen molar-refractivity contribution in [3.05, 3.63) is 34.3 Å². The van der Waals surface area contributed by atoms with Gasteiger partial charge in [-0.25, -0.2) is 0 Å². The Labute approximate surface area is 119 Å². The molecule has 1 atom stereocenters. The molecule has 1 rings (SSSR count). The highest BCUT2D eigenvalue weighted by atomic mass is 79.9. The normalized spacial score (nSPS) is 11.9. The molecule has 1 aromatic rings. The Balaban J connectivity index is 2.81. The summed E-state index contributed by atoms with van der Waals surface area (Å²) in [5.41, 5.74) is 6.03. The number of benzene rings is 1. The highest BCUT2D eigenvalue weighted by Gasteiger charge is 2.20. The quantitative estimate of drug-likeness (QED) is 0.836. The molecule has 0 saturated heterocycles. The first-order valence-corrected chi connectivity index (χ1v) is 6.58. The van der Waals surface area contributed by atoms with Gasteiger partial charge in [0.15, 0.2) is 0 Å². The molecule has 0 saturated carbocycles. The van der Waals surface area contributed by atoms with E-state index >= 15 is 0 Å². The molecule has 0 bridgehead atoms. The van der Waals surface area contributed by atoms with E-state index in [-0.39, 0.29) is 12.5 Å². The maximum absolute atomic E-state index is 11.8. The maximum Gasteiger partial charge on any atom is 0.241 e. The van der Waals surface area contributed by atoms with Gasteiger partial charge in [0.1, 0.15) is 5.38 Å². The first-order chi connectivity index (χ1) is 8.40. The number of nitrogens with zero attached hydrogens (tertiary/aromatic N) is 1. The minimum absolute atomic E-state index is 0.133. The average Bonchev–Trinajstić information content (AvgIpc) is 2.29. The van der Waals surface area contributed by atoms with Crippen LogP contribution in [0.25, 0.3) is 0 Å². The summed E-state index contributed by atoms with van der Waals surface area (Å²) in [7, 11) is 0. The second kappa shape index (κ2) is 6.75. The number of carbonyl (C=O) groups is 2. The lowest BCUT2D eigenvalue weighted by atomic mass is 10.2. The summed E-state index contributed by atoms with van der Waals surface area (Å²) < 4.78 is 0.949. The third-order valence-corrected chi connectivity index (χ3v) is 3.00. The van der Waals surface area contributed by atoms with Gasteiger partial charge in [-0.1, -0.05) is 28.1 Å². The monoisotopic (exact) mass is 332 g/mol. The van der Waals surface area contributed by atoms with E-state index in [0.29, 0.717) is 6.54 Å². The van der Waals surface area contributed by atoms with E-state index in [1.54, 1.807) is 6.92 Å². The predicted octanol–water partition coefficient (Wildman–Crippen LogP) is 1.89. The van der Waals surface area contributed by atoms with Crippen LogP contribution in [0.4, 0.5) is 0 Å². The largest absolute Gasteiger partial charge is 0.368 e. The maximum atomic E-state index is 11.8. The molecule has 6 heteroatoms. The molecule has 18 heavy (non-hydrogen) atoms. The van der Waals surface area contributed by atoms with E-state index < -0.39 is 11.3 Å². The molecule has 1 aromatic carbocycles. The van der Waals surface area contributed by atoms with Crippen molar-refractivity contribution in [2.24, 2.45) is 5.73 Å². The smallest absolute Gasteiger partial charge is 0.241 e. The van der Waals surface area contributed by atoms with Crippen molar-refractivity contribution >= 4 is 39.3 Å². The number of alkyl halides is 1. The van der Waals surface area contributed by atoms with Gasteiger partial charge in [0.2, 0.25) is 11.8 Å². The zero-order valence-electron chi connectivity index (χ0n) is 9.90. The molecule has 2 amide bonds. The topological polar surface area (TPSA) is 63.4 Å². The van der Waals surface area contributed by atoms with E-state index in [0.717, 1.165) is 10.0 Å². The summed E-state index contributed by atoms with van der Waals surface area (Å²) in [5.74, 6) is -0.865. The highest BCUT2D eigenvalue weighted by molar-refractivity contribution is 9.10. The molecule has 0 spiro atoms. The van der Waals surface area contributed by atoms with Crippen molar-refractivity contribution in [3.63, 3.8) is 0 Å². The van der Waals surface area contributed by atoms with Gasteiger partial charge in [-0.2, -0.15) is 0 Å². The van der Waals surface area contributed by atoms with Gasteiger partial charge in [-0.15, -0.1) is 11.6 Å². The number of halogens is 2. The standard InChI is InChI=1S/C12H14BrClN2O2/c1-8(14)12(18)16(7-11(15)17)6-9-2-4-10(13)5-3-9/h2-5,8H,6-7H2,1H3,(H2,15,17). The molecule has 0 aliphatic rings. The van der Waals surface area contributed by atoms with E-state index in [9.17, 15) is 9.59 Å². The Morgan fingerprint density at radius 1 is 1.39 bits per heavy atom. The Hall–Kier alpha value is -1.07. The number of hydrogen-bond acceptors (Lipinski definition) is 2. The van der Waals surface area contributed by atoms with Crippen LogP contribution in [0, 0.1) is 0 Å². The van der Waals surface area contributed by atoms with Gasteiger partial charge in [0.05, 0.1) is 6.54 Å². The molecule has 4 nitrogen and oxygen atoms in total. The molecular formula is C12H14BrClN2O2. The second-order valence-corrected chi connectivity index (χ2v) is 5.47. The first kappa shape index (κ1) is 15.0. The van der Waals surface area contributed by atoms with Crippen molar-refractivity contribution < 1.29 is 9.59 Å². The van der Waals surface area contributed by atoms with Crippen LogP contribution in [0.5, 0.6) is 0 Å². The molecule has 0 heterocycles. The lowest BCUT2D eigenvalue weighted by Crippen LogP contribution is -2.41. The summed E-state index contributed by atoms with van der Waals surface area (Å²) in [6.07, 6.45) is 0. The van der Waals surface area contributed by atoms with E-state index in [1.165, 1.54) is 4.90 Å². The Morgan fingerprint density at radius 3 is 2.39 bits per heavy atom. The zero-order chi connectivity index (χ0) is 13.7. The summed E-state index contributed by atoms with van der Waals surface area (Å²) in [5, 5.41) is -0.681. The molecule has 1 unspecified atom stereocenters. The Morgan fingerprint density at radius 2 is 1.94 bits per heavy atom. The molecule has 0 aliphatic carbocycles. The second-order valence-electron chi connectivity index (χ2n) is 3.90. The van der Waals surface area contributed by atoms with Crippen LogP contribution in [-0.2, 0) is 16.1 Å². The fraction of sp³-hybridized carbons (Fsp3) is 0.333. The van der Waals surface area contributed by atoms with Crippen LogP contribution in [0.15, 0.2) is 28.7 Å². The van der Waals surface area contributed by atoms with E-state index in [2.05, 4.69) is 15.9 Å². The van der Waals surface area contributed by atoms with Crippen LogP contribution >= 0.6 is 27.5 Å². The van der Waals surface area contributed by atoms with Crippen LogP contribution in [-0.4, -0.2) is 28.6 Å². The third kappa shape index (κ3) is 4.66. The number of hydrogen-bond donors (Lipinski definition) is 1. The number of primary amides is 1. The van der Waals surface area contributed by atoms with Crippen molar-refractivity contribution in [1.82, 2.24) is 4.90 Å². The van der Waals surface area contributed by atoms with Crippen molar-refractivity contribution in [2.75, 3.05) is 6.54 Å². The minimum Gasteiger partial charge on any atom is -0.368 e. The van der Waals surface area contributed by atoms with E-state index in [4.69, 9.17) is 17.3 Å². The molecule has 2 N–H and O–H groups in total. The predicted molar refractivity (Wildman–Crippen MR) is 74.1 cm³/mol.